The summed E-state index contributed by atoms with van der Waals surface area (Å²) in [7, 11) is 0. The highest BCUT2D eigenvalue weighted by atomic mass is 19.2. The predicted molar refractivity (Wildman–Crippen MR) is 70.8 cm³/mol. The Kier molecular flexibility index (Phi) is 2.97. The average molecular weight is 294 g/mol. The maximum Gasteiger partial charge on any atom is 0.199 e. The number of fused-ring (bicyclic) bond motifs is 1. The molecule has 0 saturated carbocycles. The third kappa shape index (κ3) is 1.98. The Balaban J connectivity index is 2.40. The van der Waals surface area contributed by atoms with Crippen molar-refractivity contribution in [3.63, 3.8) is 0 Å². The van der Waals surface area contributed by atoms with Crippen LogP contribution in [0.2, 0.25) is 0 Å². The van der Waals surface area contributed by atoms with Crippen molar-refractivity contribution in [2.75, 3.05) is 0 Å². The van der Waals surface area contributed by atoms with Gasteiger partial charge in [0.15, 0.2) is 23.3 Å². The van der Waals surface area contributed by atoms with Crippen molar-refractivity contribution < 1.29 is 17.6 Å². The van der Waals surface area contributed by atoms with Crippen LogP contribution in [0.15, 0.2) is 18.2 Å². The average Bonchev–Trinajstić information content (AvgIpc) is 2.86. The zero-order valence-electron chi connectivity index (χ0n) is 11.2. The lowest BCUT2D eigenvalue weighted by Crippen LogP contribution is -1.97. The highest BCUT2D eigenvalue weighted by Crippen LogP contribution is 2.33. The third-order valence-corrected chi connectivity index (χ3v) is 3.28. The van der Waals surface area contributed by atoms with Crippen molar-refractivity contribution in [3.8, 4) is 11.3 Å². The standard InChI is InChI=1S/C15H10F4N2/c1-6-3-7(2)5-8(4-6)14-9-10(16)11(17)12(18)13(19)15(9)21-20-14/h3-5H,1-2H3,(H,20,21). The van der Waals surface area contributed by atoms with Gasteiger partial charge in [0.1, 0.15) is 11.2 Å². The van der Waals surface area contributed by atoms with Crippen molar-refractivity contribution in [1.29, 1.82) is 0 Å². The molecule has 1 heterocycles. The van der Waals surface area contributed by atoms with E-state index in [0.29, 0.717) is 5.56 Å². The van der Waals surface area contributed by atoms with Gasteiger partial charge in [-0.15, -0.1) is 0 Å². The van der Waals surface area contributed by atoms with Crippen LogP contribution in [0, 0.1) is 37.1 Å². The number of rotatable bonds is 1. The number of nitrogens with zero attached hydrogens (tertiary/aromatic N) is 1. The van der Waals surface area contributed by atoms with Crippen LogP contribution in [-0.2, 0) is 0 Å². The summed E-state index contributed by atoms with van der Waals surface area (Å²) in [5.74, 6) is -6.62. The maximum atomic E-state index is 14.0. The Morgan fingerprint density at radius 2 is 1.38 bits per heavy atom. The van der Waals surface area contributed by atoms with Gasteiger partial charge < -0.3 is 0 Å². The molecule has 2 nitrogen and oxygen atoms in total. The van der Waals surface area contributed by atoms with Gasteiger partial charge in [-0.25, -0.2) is 17.6 Å². The second kappa shape index (κ2) is 4.58. The Morgan fingerprint density at radius 3 is 2.00 bits per heavy atom. The first-order valence-corrected chi connectivity index (χ1v) is 6.19. The van der Waals surface area contributed by atoms with E-state index in [-0.39, 0.29) is 5.69 Å². The second-order valence-corrected chi connectivity index (χ2v) is 4.95. The molecule has 1 aromatic heterocycles. The Hall–Kier alpha value is -2.37. The fourth-order valence-electron chi connectivity index (χ4n) is 2.45. The lowest BCUT2D eigenvalue weighted by atomic mass is 10.0. The van der Waals surface area contributed by atoms with Crippen molar-refractivity contribution in [3.05, 3.63) is 52.6 Å². The summed E-state index contributed by atoms with van der Waals surface area (Å²) in [6.45, 7) is 3.67. The lowest BCUT2D eigenvalue weighted by Gasteiger charge is -2.04. The molecule has 0 amide bonds. The molecule has 0 bridgehead atoms. The fraction of sp³-hybridized carbons (Fsp3) is 0.133. The van der Waals surface area contributed by atoms with Crippen LogP contribution in [0.4, 0.5) is 17.6 Å². The van der Waals surface area contributed by atoms with Crippen LogP contribution < -0.4 is 0 Å². The monoisotopic (exact) mass is 294 g/mol. The number of aromatic nitrogens is 2. The minimum atomic E-state index is -1.85. The van der Waals surface area contributed by atoms with Gasteiger partial charge in [-0.1, -0.05) is 17.2 Å². The van der Waals surface area contributed by atoms with E-state index >= 15 is 0 Å². The molecule has 3 rings (SSSR count). The SMILES string of the molecule is Cc1cc(C)cc(-c2n[nH]c3c(F)c(F)c(F)c(F)c23)c1. The summed E-state index contributed by atoms with van der Waals surface area (Å²) in [5.41, 5.74) is 1.85. The number of aromatic amines is 1. The van der Waals surface area contributed by atoms with Gasteiger partial charge in [0.25, 0.3) is 0 Å². The molecular weight excluding hydrogens is 284 g/mol. The fourth-order valence-corrected chi connectivity index (χ4v) is 2.45. The molecule has 6 heteroatoms. The molecule has 0 aliphatic carbocycles. The first-order valence-electron chi connectivity index (χ1n) is 6.19. The van der Waals surface area contributed by atoms with Crippen LogP contribution in [-0.4, -0.2) is 10.2 Å². The quantitative estimate of drug-likeness (QED) is 0.402. The molecule has 0 aliphatic heterocycles. The normalized spacial score (nSPS) is 11.3. The van der Waals surface area contributed by atoms with Crippen LogP contribution in [0.25, 0.3) is 22.2 Å². The summed E-state index contributed by atoms with van der Waals surface area (Å²) in [5, 5.41) is 5.65. The van der Waals surface area contributed by atoms with E-state index in [1.165, 1.54) is 0 Å². The molecule has 0 atom stereocenters. The van der Waals surface area contributed by atoms with Crippen molar-refractivity contribution in [2.24, 2.45) is 0 Å². The van der Waals surface area contributed by atoms with Crippen LogP contribution in [0.3, 0.4) is 0 Å². The number of hydrogen-bond donors (Lipinski definition) is 1. The molecule has 0 fully saturated rings. The summed E-state index contributed by atoms with van der Waals surface area (Å²) in [6, 6.07) is 5.32. The van der Waals surface area contributed by atoms with Crippen LogP contribution >= 0.6 is 0 Å². The summed E-state index contributed by atoms with van der Waals surface area (Å²) in [6.07, 6.45) is 0. The summed E-state index contributed by atoms with van der Waals surface area (Å²) in [4.78, 5) is 0. The molecule has 0 spiro atoms. The van der Waals surface area contributed by atoms with E-state index < -0.39 is 34.2 Å². The number of aryl methyl sites for hydroxylation is 2. The Morgan fingerprint density at radius 1 is 0.810 bits per heavy atom. The number of halogens is 4. The van der Waals surface area contributed by atoms with E-state index in [2.05, 4.69) is 10.2 Å². The van der Waals surface area contributed by atoms with Crippen molar-refractivity contribution in [1.82, 2.24) is 10.2 Å². The van der Waals surface area contributed by atoms with Crippen molar-refractivity contribution >= 4 is 10.9 Å². The number of benzene rings is 2. The molecule has 0 aliphatic rings. The molecule has 108 valence electrons. The highest BCUT2D eigenvalue weighted by Gasteiger charge is 2.25. The summed E-state index contributed by atoms with van der Waals surface area (Å²) < 4.78 is 54.3. The maximum absolute atomic E-state index is 14.0. The molecule has 0 unspecified atom stereocenters. The minimum absolute atomic E-state index is 0.0482. The van der Waals surface area contributed by atoms with Gasteiger partial charge in [-0.2, -0.15) is 5.10 Å². The molecule has 1 N–H and O–H groups in total. The predicted octanol–water partition coefficient (Wildman–Crippen LogP) is 4.40. The van der Waals surface area contributed by atoms with Gasteiger partial charge in [-0.3, -0.25) is 5.10 Å². The smallest absolute Gasteiger partial charge is 0.199 e. The molecule has 3 aromatic rings. The molecular formula is C15H10F4N2. The molecule has 2 aromatic carbocycles. The minimum Gasteiger partial charge on any atom is -0.274 e. The molecule has 0 saturated heterocycles. The Bertz CT molecular complexity index is 848. The highest BCUT2D eigenvalue weighted by molar-refractivity contribution is 5.94. The number of H-pyrrole nitrogens is 1. The van der Waals surface area contributed by atoms with Gasteiger partial charge in [0.2, 0.25) is 0 Å². The van der Waals surface area contributed by atoms with Gasteiger partial charge in [0.05, 0.1) is 5.39 Å². The third-order valence-electron chi connectivity index (χ3n) is 3.28. The Labute approximate surface area is 117 Å². The zero-order valence-corrected chi connectivity index (χ0v) is 11.2. The van der Waals surface area contributed by atoms with E-state index in [9.17, 15) is 17.6 Å². The van der Waals surface area contributed by atoms with E-state index in [4.69, 9.17) is 0 Å². The largest absolute Gasteiger partial charge is 0.274 e. The van der Waals surface area contributed by atoms with Crippen LogP contribution in [0.1, 0.15) is 11.1 Å². The van der Waals surface area contributed by atoms with E-state index in [1.807, 2.05) is 19.9 Å². The molecule has 21 heavy (non-hydrogen) atoms. The van der Waals surface area contributed by atoms with Gasteiger partial charge >= 0.3 is 0 Å². The van der Waals surface area contributed by atoms with Crippen molar-refractivity contribution in [2.45, 2.75) is 13.8 Å². The second-order valence-electron chi connectivity index (χ2n) is 4.95. The van der Waals surface area contributed by atoms with E-state index in [0.717, 1.165) is 11.1 Å². The zero-order chi connectivity index (χ0) is 15.3. The topological polar surface area (TPSA) is 28.7 Å². The lowest BCUT2D eigenvalue weighted by molar-refractivity contribution is 0.417. The van der Waals surface area contributed by atoms with Gasteiger partial charge in [0, 0.05) is 5.56 Å². The van der Waals surface area contributed by atoms with Gasteiger partial charge in [-0.05, 0) is 26.0 Å². The first-order chi connectivity index (χ1) is 9.90. The number of nitrogens with one attached hydrogen (secondary N) is 1. The first kappa shape index (κ1) is 13.6. The molecule has 0 radical (unpaired) electrons. The number of hydrogen-bond acceptors (Lipinski definition) is 1. The summed E-state index contributed by atoms with van der Waals surface area (Å²) >= 11 is 0. The van der Waals surface area contributed by atoms with E-state index in [1.54, 1.807) is 12.1 Å². The van der Waals surface area contributed by atoms with Crippen LogP contribution in [0.5, 0.6) is 0 Å².